The highest BCUT2D eigenvalue weighted by Gasteiger charge is 2.35. The second-order valence-electron chi connectivity index (χ2n) is 10.2. The van der Waals surface area contributed by atoms with Gasteiger partial charge in [0.05, 0.1) is 34.6 Å². The first-order valence-electron chi connectivity index (χ1n) is 12.4. The van der Waals surface area contributed by atoms with Gasteiger partial charge in [0.2, 0.25) is 0 Å². The molecule has 0 radical (unpaired) electrons. The number of carbonyl (C=O) groups is 1. The van der Waals surface area contributed by atoms with E-state index in [9.17, 15) is 9.90 Å². The largest absolute Gasteiger partial charge is 0.462 e. The van der Waals surface area contributed by atoms with Gasteiger partial charge in [0.15, 0.2) is 11.6 Å². The standard InChI is InChI=1S/C28H28ClF2N3O3S/c1-4-37-27(36)18-6-5-7-21(22(18)30)38-26-19-10-11-20(29)23(31)25(19)34(24(26)16-8-9-16)17-12-32-33(13-17)14-28(2,3)15-35/h5-7,10-13,16,35H,4,8-9,14-15H2,1-3H3. The Morgan fingerprint density at radius 3 is 2.68 bits per heavy atom. The maximum absolute atomic E-state index is 15.7. The lowest BCUT2D eigenvalue weighted by Gasteiger charge is -2.21. The molecule has 1 N–H and O–H groups in total. The normalized spacial score (nSPS) is 13.9. The summed E-state index contributed by atoms with van der Waals surface area (Å²) < 4.78 is 39.7. The van der Waals surface area contributed by atoms with E-state index >= 15 is 8.78 Å². The highest BCUT2D eigenvalue weighted by Crippen LogP contribution is 2.51. The maximum atomic E-state index is 15.7. The Bertz CT molecular complexity index is 1530. The lowest BCUT2D eigenvalue weighted by molar-refractivity contribution is 0.0520. The van der Waals surface area contributed by atoms with E-state index in [2.05, 4.69) is 5.10 Å². The molecule has 0 amide bonds. The molecule has 38 heavy (non-hydrogen) atoms. The van der Waals surface area contributed by atoms with Gasteiger partial charge in [0.1, 0.15) is 0 Å². The third-order valence-electron chi connectivity index (χ3n) is 6.54. The molecule has 2 heterocycles. The van der Waals surface area contributed by atoms with Gasteiger partial charge < -0.3 is 14.4 Å². The van der Waals surface area contributed by atoms with Crippen molar-refractivity contribution in [1.29, 1.82) is 0 Å². The Balaban J connectivity index is 1.68. The molecular formula is C28H28ClF2N3O3S. The van der Waals surface area contributed by atoms with Crippen LogP contribution in [0, 0.1) is 17.0 Å². The van der Waals surface area contributed by atoms with E-state index in [-0.39, 0.29) is 34.6 Å². The molecule has 1 aliphatic rings. The summed E-state index contributed by atoms with van der Waals surface area (Å²) in [6, 6.07) is 7.85. The van der Waals surface area contributed by atoms with Gasteiger partial charge in [-0.15, -0.1) is 0 Å². The van der Waals surface area contributed by atoms with Crippen molar-refractivity contribution in [3.05, 3.63) is 70.6 Å². The Labute approximate surface area is 228 Å². The minimum atomic E-state index is -0.728. The third kappa shape index (κ3) is 4.95. The van der Waals surface area contributed by atoms with Gasteiger partial charge in [-0.2, -0.15) is 5.10 Å². The lowest BCUT2D eigenvalue weighted by Crippen LogP contribution is -2.23. The third-order valence-corrected chi connectivity index (χ3v) is 8.00. The van der Waals surface area contributed by atoms with Crippen molar-refractivity contribution in [3.8, 4) is 5.69 Å². The zero-order valence-electron chi connectivity index (χ0n) is 21.3. The first-order valence-corrected chi connectivity index (χ1v) is 13.6. The number of carbonyl (C=O) groups excluding carboxylic acids is 1. The highest BCUT2D eigenvalue weighted by molar-refractivity contribution is 7.99. The van der Waals surface area contributed by atoms with Gasteiger partial charge >= 0.3 is 5.97 Å². The van der Waals surface area contributed by atoms with Gasteiger partial charge in [-0.25, -0.2) is 13.6 Å². The highest BCUT2D eigenvalue weighted by atomic mass is 35.5. The van der Waals surface area contributed by atoms with Crippen LogP contribution in [0.3, 0.4) is 0 Å². The number of halogens is 3. The van der Waals surface area contributed by atoms with E-state index in [1.807, 2.05) is 24.6 Å². The number of benzene rings is 2. The summed E-state index contributed by atoms with van der Waals surface area (Å²) in [7, 11) is 0. The average molecular weight is 560 g/mol. The van der Waals surface area contributed by atoms with E-state index in [1.165, 1.54) is 23.9 Å². The molecule has 1 aliphatic carbocycles. The Morgan fingerprint density at radius 1 is 1.24 bits per heavy atom. The fourth-order valence-electron chi connectivity index (χ4n) is 4.51. The average Bonchev–Trinajstić information content (AvgIpc) is 3.54. The lowest BCUT2D eigenvalue weighted by atomic mass is 9.95. The van der Waals surface area contributed by atoms with E-state index in [0.29, 0.717) is 28.0 Å². The topological polar surface area (TPSA) is 69.3 Å². The summed E-state index contributed by atoms with van der Waals surface area (Å²) in [5.41, 5.74) is 1.27. The van der Waals surface area contributed by atoms with E-state index in [1.54, 1.807) is 36.0 Å². The van der Waals surface area contributed by atoms with Crippen molar-refractivity contribution in [2.75, 3.05) is 13.2 Å². The molecule has 1 fully saturated rings. The van der Waals surface area contributed by atoms with Crippen LogP contribution in [0.4, 0.5) is 8.78 Å². The van der Waals surface area contributed by atoms with Gasteiger partial charge in [-0.05, 0) is 44.0 Å². The zero-order chi connectivity index (χ0) is 27.2. The van der Waals surface area contributed by atoms with E-state index in [0.717, 1.165) is 18.5 Å². The number of aromatic nitrogens is 3. The van der Waals surface area contributed by atoms with Gasteiger partial charge in [0, 0.05) is 51.6 Å². The van der Waals surface area contributed by atoms with Crippen molar-refractivity contribution in [1.82, 2.24) is 14.3 Å². The molecular weight excluding hydrogens is 532 g/mol. The molecule has 10 heteroatoms. The quantitative estimate of drug-likeness (QED) is 0.224. The first-order chi connectivity index (χ1) is 18.1. The number of hydrogen-bond donors (Lipinski definition) is 1. The second kappa shape index (κ2) is 10.4. The molecule has 0 aliphatic heterocycles. The van der Waals surface area contributed by atoms with Gasteiger partial charge in [-0.1, -0.05) is 43.3 Å². The zero-order valence-corrected chi connectivity index (χ0v) is 22.9. The molecule has 6 nitrogen and oxygen atoms in total. The number of nitrogens with zero attached hydrogens (tertiary/aromatic N) is 3. The van der Waals surface area contributed by atoms with E-state index in [4.69, 9.17) is 16.3 Å². The van der Waals surface area contributed by atoms with Gasteiger partial charge in [0.25, 0.3) is 0 Å². The summed E-state index contributed by atoms with van der Waals surface area (Å²) in [6.45, 7) is 6.13. The molecule has 2 aromatic heterocycles. The minimum absolute atomic E-state index is 0.0105. The van der Waals surface area contributed by atoms with Crippen LogP contribution in [-0.4, -0.2) is 38.6 Å². The molecule has 4 aromatic rings. The minimum Gasteiger partial charge on any atom is -0.462 e. The second-order valence-corrected chi connectivity index (χ2v) is 11.7. The fraction of sp³-hybridized carbons (Fsp3) is 0.357. The van der Waals surface area contributed by atoms with Crippen LogP contribution < -0.4 is 0 Å². The molecule has 200 valence electrons. The number of hydrogen-bond acceptors (Lipinski definition) is 5. The predicted molar refractivity (Wildman–Crippen MR) is 143 cm³/mol. The van der Waals surface area contributed by atoms with Crippen LogP contribution >= 0.6 is 23.4 Å². The van der Waals surface area contributed by atoms with Crippen molar-refractivity contribution in [2.45, 2.75) is 55.9 Å². The van der Waals surface area contributed by atoms with Crippen molar-refractivity contribution >= 4 is 40.2 Å². The summed E-state index contributed by atoms with van der Waals surface area (Å²) in [6.07, 6.45) is 5.31. The van der Waals surface area contributed by atoms with Crippen molar-refractivity contribution in [2.24, 2.45) is 5.41 Å². The van der Waals surface area contributed by atoms with Crippen LogP contribution in [0.5, 0.6) is 0 Å². The number of esters is 1. The molecule has 1 saturated carbocycles. The van der Waals surface area contributed by atoms with Crippen LogP contribution in [0.25, 0.3) is 16.6 Å². The molecule has 0 atom stereocenters. The van der Waals surface area contributed by atoms with Crippen molar-refractivity contribution in [3.63, 3.8) is 0 Å². The molecule has 0 saturated heterocycles. The summed E-state index contributed by atoms with van der Waals surface area (Å²) in [5, 5.41) is 14.7. The molecule has 0 spiro atoms. The number of ether oxygens (including phenoxy) is 1. The predicted octanol–water partition coefficient (Wildman–Crippen LogP) is 6.98. The Kier molecular flexibility index (Phi) is 7.28. The van der Waals surface area contributed by atoms with Crippen molar-refractivity contribution < 1.29 is 23.4 Å². The van der Waals surface area contributed by atoms with E-state index < -0.39 is 23.0 Å². The smallest absolute Gasteiger partial charge is 0.341 e. The molecule has 0 unspecified atom stereocenters. The summed E-state index contributed by atoms with van der Waals surface area (Å²) >= 11 is 7.40. The number of aliphatic hydroxyl groups is 1. The Hall–Kier alpha value is -2.88. The molecule has 0 bridgehead atoms. The summed E-state index contributed by atoms with van der Waals surface area (Å²) in [4.78, 5) is 13.2. The SMILES string of the molecule is CCOC(=O)c1cccc(Sc2c(C3CC3)n(-c3cnn(CC(C)(C)CO)c3)c3c(F)c(Cl)ccc23)c1F. The van der Waals surface area contributed by atoms with Crippen LogP contribution in [0.1, 0.15) is 55.6 Å². The van der Waals surface area contributed by atoms with Crippen LogP contribution in [-0.2, 0) is 11.3 Å². The number of rotatable bonds is 9. The first kappa shape index (κ1) is 26.7. The number of fused-ring (bicyclic) bond motifs is 1. The van der Waals surface area contributed by atoms with Crippen LogP contribution in [0.2, 0.25) is 5.02 Å². The Morgan fingerprint density at radius 2 is 2.00 bits per heavy atom. The monoisotopic (exact) mass is 559 g/mol. The maximum Gasteiger partial charge on any atom is 0.341 e. The van der Waals surface area contributed by atoms with Gasteiger partial charge in [-0.3, -0.25) is 4.68 Å². The van der Waals surface area contributed by atoms with Crippen LogP contribution in [0.15, 0.2) is 52.5 Å². The fourth-order valence-corrected chi connectivity index (χ4v) is 5.87. The molecule has 2 aromatic carbocycles. The summed E-state index contributed by atoms with van der Waals surface area (Å²) in [5.74, 6) is -1.82. The number of aliphatic hydroxyl groups excluding tert-OH is 1. The molecule has 5 rings (SSSR count).